The molecule has 1 aromatic rings. The zero-order chi connectivity index (χ0) is 12.5. The van der Waals surface area contributed by atoms with Gasteiger partial charge in [-0.05, 0) is 30.7 Å². The zero-order valence-corrected chi connectivity index (χ0v) is 10.4. The first kappa shape index (κ1) is 13.5. The summed E-state index contributed by atoms with van der Waals surface area (Å²) in [6, 6.07) is 7.35. The van der Waals surface area contributed by atoms with Gasteiger partial charge >= 0.3 is 5.97 Å². The molecule has 17 heavy (non-hydrogen) atoms. The highest BCUT2D eigenvalue weighted by atomic mass is 16.5. The third-order valence-electron chi connectivity index (χ3n) is 2.33. The second-order valence-electron chi connectivity index (χ2n) is 3.72. The number of carbonyl (C=O) groups excluding carboxylic acids is 1. The summed E-state index contributed by atoms with van der Waals surface area (Å²) in [4.78, 5) is 11.2. The van der Waals surface area contributed by atoms with Crippen LogP contribution in [0.5, 0.6) is 0 Å². The molecule has 0 heterocycles. The van der Waals surface area contributed by atoms with E-state index in [1.807, 2.05) is 18.2 Å². The highest BCUT2D eigenvalue weighted by Gasteiger charge is 2.02. The largest absolute Gasteiger partial charge is 0.465 e. The molecule has 0 saturated carbocycles. The molecule has 0 spiro atoms. The fourth-order valence-corrected chi connectivity index (χ4v) is 1.41. The molecular weight excluding hydrogens is 214 g/mol. The standard InChI is InChI=1S/C14H19NO2/c1-3-10-15-11-4-5-12-6-8-13(9-7-12)14(16)17-2/h4-9,15H,3,10-11H2,1-2H3. The van der Waals surface area contributed by atoms with E-state index in [-0.39, 0.29) is 5.97 Å². The maximum absolute atomic E-state index is 11.2. The number of methoxy groups -OCH3 is 1. The Balaban J connectivity index is 2.48. The van der Waals surface area contributed by atoms with Crippen molar-refractivity contribution >= 4 is 12.0 Å². The Kier molecular flexibility index (Phi) is 6.04. The van der Waals surface area contributed by atoms with Crippen molar-refractivity contribution in [1.82, 2.24) is 5.32 Å². The van der Waals surface area contributed by atoms with Gasteiger partial charge in [0.2, 0.25) is 0 Å². The van der Waals surface area contributed by atoms with Crippen LogP contribution in [0.1, 0.15) is 29.3 Å². The van der Waals surface area contributed by atoms with Gasteiger partial charge in [0.1, 0.15) is 0 Å². The van der Waals surface area contributed by atoms with Gasteiger partial charge in [0.15, 0.2) is 0 Å². The van der Waals surface area contributed by atoms with Crippen LogP contribution >= 0.6 is 0 Å². The summed E-state index contributed by atoms with van der Waals surface area (Å²) in [6.45, 7) is 4.04. The number of nitrogens with one attached hydrogen (secondary N) is 1. The van der Waals surface area contributed by atoms with Gasteiger partial charge < -0.3 is 10.1 Å². The smallest absolute Gasteiger partial charge is 0.337 e. The second-order valence-corrected chi connectivity index (χ2v) is 3.72. The molecule has 0 aliphatic heterocycles. The van der Waals surface area contributed by atoms with Gasteiger partial charge in [-0.15, -0.1) is 0 Å². The molecule has 0 fully saturated rings. The minimum Gasteiger partial charge on any atom is -0.465 e. The van der Waals surface area contributed by atoms with Crippen LogP contribution in [-0.4, -0.2) is 26.2 Å². The second kappa shape index (κ2) is 7.63. The average Bonchev–Trinajstić information content (AvgIpc) is 2.38. The Labute approximate surface area is 102 Å². The first-order valence-electron chi connectivity index (χ1n) is 5.83. The van der Waals surface area contributed by atoms with Crippen molar-refractivity contribution in [2.75, 3.05) is 20.2 Å². The number of benzene rings is 1. The lowest BCUT2D eigenvalue weighted by Crippen LogP contribution is -2.13. The first-order chi connectivity index (χ1) is 8.27. The topological polar surface area (TPSA) is 38.3 Å². The molecule has 92 valence electrons. The highest BCUT2D eigenvalue weighted by molar-refractivity contribution is 5.89. The third-order valence-corrected chi connectivity index (χ3v) is 2.33. The summed E-state index contributed by atoms with van der Waals surface area (Å²) in [5, 5.41) is 3.28. The van der Waals surface area contributed by atoms with E-state index in [1.165, 1.54) is 7.11 Å². The number of hydrogen-bond acceptors (Lipinski definition) is 3. The lowest BCUT2D eigenvalue weighted by atomic mass is 10.1. The molecule has 1 N–H and O–H groups in total. The fraction of sp³-hybridized carbons (Fsp3) is 0.357. The number of hydrogen-bond donors (Lipinski definition) is 1. The number of ether oxygens (including phenoxy) is 1. The minimum atomic E-state index is -0.301. The van der Waals surface area contributed by atoms with Crippen LogP contribution in [0, 0.1) is 0 Å². The van der Waals surface area contributed by atoms with Gasteiger partial charge in [-0.25, -0.2) is 4.79 Å². The molecule has 0 radical (unpaired) electrons. The molecule has 0 amide bonds. The van der Waals surface area contributed by atoms with Crippen molar-refractivity contribution in [2.45, 2.75) is 13.3 Å². The molecule has 0 aliphatic rings. The van der Waals surface area contributed by atoms with Crippen LogP contribution in [0.15, 0.2) is 30.3 Å². The zero-order valence-electron chi connectivity index (χ0n) is 10.4. The van der Waals surface area contributed by atoms with E-state index < -0.39 is 0 Å². The average molecular weight is 233 g/mol. The molecule has 0 aliphatic carbocycles. The molecule has 0 aromatic heterocycles. The Morgan fingerprint density at radius 3 is 2.65 bits per heavy atom. The monoisotopic (exact) mass is 233 g/mol. The van der Waals surface area contributed by atoms with Gasteiger partial charge in [0.25, 0.3) is 0 Å². The minimum absolute atomic E-state index is 0.301. The quantitative estimate of drug-likeness (QED) is 0.606. The van der Waals surface area contributed by atoms with Gasteiger partial charge in [0, 0.05) is 6.54 Å². The summed E-state index contributed by atoms with van der Waals surface area (Å²) >= 11 is 0. The maximum atomic E-state index is 11.2. The van der Waals surface area contributed by atoms with Crippen molar-refractivity contribution in [2.24, 2.45) is 0 Å². The van der Waals surface area contributed by atoms with Gasteiger partial charge in [-0.1, -0.05) is 31.2 Å². The molecule has 0 bridgehead atoms. The first-order valence-corrected chi connectivity index (χ1v) is 5.83. The lowest BCUT2D eigenvalue weighted by molar-refractivity contribution is 0.0601. The number of esters is 1. The van der Waals surface area contributed by atoms with Crippen molar-refractivity contribution in [3.8, 4) is 0 Å². The lowest BCUT2D eigenvalue weighted by Gasteiger charge is -2.00. The van der Waals surface area contributed by atoms with Gasteiger partial charge in [-0.2, -0.15) is 0 Å². The summed E-state index contributed by atoms with van der Waals surface area (Å²) in [7, 11) is 1.38. The van der Waals surface area contributed by atoms with E-state index in [2.05, 4.69) is 23.1 Å². The van der Waals surface area contributed by atoms with Crippen molar-refractivity contribution in [1.29, 1.82) is 0 Å². The molecule has 1 aromatic carbocycles. The molecule has 0 atom stereocenters. The van der Waals surface area contributed by atoms with Crippen LogP contribution in [0.25, 0.3) is 6.08 Å². The predicted octanol–water partition coefficient (Wildman–Crippen LogP) is 2.49. The maximum Gasteiger partial charge on any atom is 0.337 e. The molecule has 3 heteroatoms. The van der Waals surface area contributed by atoms with Crippen LogP contribution in [0.2, 0.25) is 0 Å². The molecule has 3 nitrogen and oxygen atoms in total. The Morgan fingerprint density at radius 1 is 1.35 bits per heavy atom. The van der Waals surface area contributed by atoms with Crippen LogP contribution < -0.4 is 5.32 Å². The summed E-state index contributed by atoms with van der Waals surface area (Å²) < 4.78 is 4.63. The Hall–Kier alpha value is -1.61. The molecular formula is C14H19NO2. The van der Waals surface area contributed by atoms with Crippen molar-refractivity contribution in [3.05, 3.63) is 41.5 Å². The summed E-state index contributed by atoms with van der Waals surface area (Å²) in [5.41, 5.74) is 1.66. The highest BCUT2D eigenvalue weighted by Crippen LogP contribution is 2.07. The van der Waals surface area contributed by atoms with Crippen LogP contribution in [-0.2, 0) is 4.74 Å². The molecule has 1 rings (SSSR count). The van der Waals surface area contributed by atoms with Crippen molar-refractivity contribution < 1.29 is 9.53 Å². The van der Waals surface area contributed by atoms with Crippen LogP contribution in [0.3, 0.4) is 0 Å². The Bertz CT molecular complexity index is 368. The van der Waals surface area contributed by atoms with E-state index in [4.69, 9.17) is 0 Å². The normalized spacial score (nSPS) is 10.7. The van der Waals surface area contributed by atoms with E-state index in [9.17, 15) is 4.79 Å². The number of carbonyl (C=O) groups is 1. The van der Waals surface area contributed by atoms with E-state index in [1.54, 1.807) is 12.1 Å². The molecule has 0 saturated heterocycles. The summed E-state index contributed by atoms with van der Waals surface area (Å²) in [5.74, 6) is -0.301. The van der Waals surface area contributed by atoms with Crippen LogP contribution in [0.4, 0.5) is 0 Å². The third kappa shape index (κ3) is 4.83. The summed E-state index contributed by atoms with van der Waals surface area (Å²) in [6.07, 6.45) is 5.24. The molecule has 0 unspecified atom stereocenters. The van der Waals surface area contributed by atoms with Gasteiger partial charge in [0.05, 0.1) is 12.7 Å². The fourth-order valence-electron chi connectivity index (χ4n) is 1.41. The number of rotatable bonds is 6. The van der Waals surface area contributed by atoms with Gasteiger partial charge in [-0.3, -0.25) is 0 Å². The van der Waals surface area contributed by atoms with E-state index >= 15 is 0 Å². The predicted molar refractivity (Wildman–Crippen MR) is 70.0 cm³/mol. The Morgan fingerprint density at radius 2 is 2.06 bits per heavy atom. The SMILES string of the molecule is CCCNCC=Cc1ccc(C(=O)OC)cc1. The van der Waals surface area contributed by atoms with E-state index in [0.29, 0.717) is 5.56 Å². The van der Waals surface area contributed by atoms with Crippen molar-refractivity contribution in [3.63, 3.8) is 0 Å². The van der Waals surface area contributed by atoms with E-state index in [0.717, 1.165) is 25.1 Å².